The Kier molecular flexibility index (Phi) is 3.46. The molecule has 5 rings (SSSR count). The summed E-state index contributed by atoms with van der Waals surface area (Å²) in [6, 6.07) is 0.453. The molecule has 1 N–H and O–H groups in total. The highest BCUT2D eigenvalue weighted by molar-refractivity contribution is 5.81. The molecule has 3 unspecified atom stereocenters. The van der Waals surface area contributed by atoms with Crippen molar-refractivity contribution in [3.63, 3.8) is 0 Å². The number of carbonyl (C=O) groups is 1. The molecule has 3 saturated heterocycles. The number of rotatable bonds is 3. The van der Waals surface area contributed by atoms with E-state index in [4.69, 9.17) is 4.42 Å². The summed E-state index contributed by atoms with van der Waals surface area (Å²) < 4.78 is 5.65. The Morgan fingerprint density at radius 1 is 1.32 bits per heavy atom. The van der Waals surface area contributed by atoms with Crippen LogP contribution in [0.1, 0.15) is 23.8 Å². The van der Waals surface area contributed by atoms with Gasteiger partial charge >= 0.3 is 0 Å². The van der Waals surface area contributed by atoms with Gasteiger partial charge in [-0.3, -0.25) is 9.69 Å². The number of nitrogens with one attached hydrogen (secondary N) is 1. The van der Waals surface area contributed by atoms with Crippen molar-refractivity contribution < 1.29 is 9.21 Å². The summed E-state index contributed by atoms with van der Waals surface area (Å²) in [5, 5.41) is 3.43. The van der Waals surface area contributed by atoms with Crippen molar-refractivity contribution in [1.82, 2.24) is 20.1 Å². The zero-order chi connectivity index (χ0) is 15.3. The lowest BCUT2D eigenvalue weighted by atomic mass is 9.73. The molecule has 2 bridgehead atoms. The minimum absolute atomic E-state index is 0.253. The maximum atomic E-state index is 12.6. The second-order valence-corrected chi connectivity index (χ2v) is 6.89. The smallest absolute Gasteiger partial charge is 0.227 e. The molecule has 6 nitrogen and oxygen atoms in total. The van der Waals surface area contributed by atoms with Crippen molar-refractivity contribution in [2.75, 3.05) is 32.7 Å². The van der Waals surface area contributed by atoms with E-state index in [1.54, 1.807) is 0 Å². The van der Waals surface area contributed by atoms with Gasteiger partial charge in [-0.2, -0.15) is 0 Å². The average molecular weight is 304 g/mol. The first-order chi connectivity index (χ1) is 10.6. The SMILES string of the molecule is Cc1nc(CN2CCN(C(=O)C3C4CNC3C4)CC2)oc1C. The second-order valence-electron chi connectivity index (χ2n) is 6.89. The molecule has 1 saturated carbocycles. The predicted molar refractivity (Wildman–Crippen MR) is 81.2 cm³/mol. The number of fused-ring (bicyclic) bond motifs is 1. The minimum atomic E-state index is 0.253. The molecule has 0 spiro atoms. The van der Waals surface area contributed by atoms with Gasteiger partial charge in [-0.1, -0.05) is 0 Å². The monoisotopic (exact) mass is 304 g/mol. The van der Waals surface area contributed by atoms with E-state index in [9.17, 15) is 4.79 Å². The average Bonchev–Trinajstić information content (AvgIpc) is 3.17. The number of aryl methyl sites for hydroxylation is 2. The molecule has 22 heavy (non-hydrogen) atoms. The highest BCUT2D eigenvalue weighted by Crippen LogP contribution is 2.41. The lowest BCUT2D eigenvalue weighted by molar-refractivity contribution is -0.142. The Balaban J connectivity index is 1.30. The van der Waals surface area contributed by atoms with Gasteiger partial charge in [0.05, 0.1) is 18.2 Å². The maximum absolute atomic E-state index is 12.6. The first kappa shape index (κ1) is 14.2. The van der Waals surface area contributed by atoms with Gasteiger partial charge in [0.2, 0.25) is 11.8 Å². The Morgan fingerprint density at radius 2 is 2.09 bits per heavy atom. The van der Waals surface area contributed by atoms with Crippen LogP contribution in [0.15, 0.2) is 4.42 Å². The molecular weight excluding hydrogens is 280 g/mol. The molecule has 0 aromatic carbocycles. The van der Waals surface area contributed by atoms with Gasteiger partial charge < -0.3 is 14.6 Å². The first-order valence-corrected chi connectivity index (χ1v) is 8.29. The van der Waals surface area contributed by atoms with Gasteiger partial charge in [0.25, 0.3) is 0 Å². The molecule has 3 aliphatic heterocycles. The summed E-state index contributed by atoms with van der Waals surface area (Å²) in [5.74, 6) is 2.90. The highest BCUT2D eigenvalue weighted by atomic mass is 16.4. The topological polar surface area (TPSA) is 61.6 Å². The molecule has 1 aliphatic carbocycles. The Morgan fingerprint density at radius 3 is 2.64 bits per heavy atom. The molecule has 1 aromatic heterocycles. The van der Waals surface area contributed by atoms with Crippen LogP contribution in [0.25, 0.3) is 0 Å². The number of oxazole rings is 1. The van der Waals surface area contributed by atoms with Crippen LogP contribution in [-0.4, -0.2) is 59.5 Å². The van der Waals surface area contributed by atoms with Crippen LogP contribution in [0.2, 0.25) is 0 Å². The fraction of sp³-hybridized carbons (Fsp3) is 0.750. The molecule has 0 radical (unpaired) electrons. The van der Waals surface area contributed by atoms with E-state index in [2.05, 4.69) is 20.1 Å². The normalized spacial score (nSPS) is 31.4. The third-order valence-electron chi connectivity index (χ3n) is 5.54. The van der Waals surface area contributed by atoms with Gasteiger partial charge in [-0.25, -0.2) is 4.98 Å². The Hall–Kier alpha value is -1.40. The molecule has 3 atom stereocenters. The van der Waals surface area contributed by atoms with Crippen LogP contribution < -0.4 is 5.32 Å². The predicted octanol–water partition coefficient (Wildman–Crippen LogP) is 0.544. The van der Waals surface area contributed by atoms with Gasteiger partial charge in [-0.05, 0) is 32.7 Å². The van der Waals surface area contributed by atoms with Crippen LogP contribution in [0, 0.1) is 25.7 Å². The number of amides is 1. The molecule has 6 heteroatoms. The zero-order valence-electron chi connectivity index (χ0n) is 13.3. The van der Waals surface area contributed by atoms with Gasteiger partial charge in [0, 0.05) is 32.2 Å². The van der Waals surface area contributed by atoms with E-state index in [1.165, 1.54) is 6.42 Å². The van der Waals surface area contributed by atoms with Crippen molar-refractivity contribution >= 4 is 5.91 Å². The third-order valence-corrected chi connectivity index (χ3v) is 5.54. The first-order valence-electron chi connectivity index (χ1n) is 8.29. The fourth-order valence-corrected chi connectivity index (χ4v) is 3.98. The van der Waals surface area contributed by atoms with E-state index < -0.39 is 0 Å². The molecule has 4 heterocycles. The summed E-state index contributed by atoms with van der Waals surface area (Å²) in [6.45, 7) is 9.16. The molecular formula is C16H24N4O2. The number of hydrogen-bond donors (Lipinski definition) is 1. The van der Waals surface area contributed by atoms with Crippen molar-refractivity contribution in [2.45, 2.75) is 32.9 Å². The zero-order valence-corrected chi connectivity index (χ0v) is 13.3. The van der Waals surface area contributed by atoms with Crippen LogP contribution in [0.4, 0.5) is 0 Å². The van der Waals surface area contributed by atoms with Crippen molar-refractivity contribution in [3.8, 4) is 0 Å². The second kappa shape index (κ2) is 5.35. The van der Waals surface area contributed by atoms with E-state index in [-0.39, 0.29) is 5.92 Å². The summed E-state index contributed by atoms with van der Waals surface area (Å²) >= 11 is 0. The van der Waals surface area contributed by atoms with Gasteiger partial charge in [0.15, 0.2) is 0 Å². The number of aromatic nitrogens is 1. The number of hydrogen-bond acceptors (Lipinski definition) is 5. The van der Waals surface area contributed by atoms with Crippen molar-refractivity contribution in [1.29, 1.82) is 0 Å². The van der Waals surface area contributed by atoms with Gasteiger partial charge in [-0.15, -0.1) is 0 Å². The van der Waals surface area contributed by atoms with E-state index >= 15 is 0 Å². The van der Waals surface area contributed by atoms with Crippen LogP contribution in [0.3, 0.4) is 0 Å². The van der Waals surface area contributed by atoms with E-state index in [0.29, 0.717) is 17.9 Å². The summed E-state index contributed by atoms with van der Waals surface area (Å²) in [7, 11) is 0. The molecule has 4 aliphatic rings. The fourth-order valence-electron chi connectivity index (χ4n) is 3.98. The van der Waals surface area contributed by atoms with Crippen molar-refractivity contribution in [2.24, 2.45) is 11.8 Å². The molecule has 4 fully saturated rings. The van der Waals surface area contributed by atoms with Crippen LogP contribution in [-0.2, 0) is 11.3 Å². The van der Waals surface area contributed by atoms with Crippen LogP contribution in [0.5, 0.6) is 0 Å². The number of piperazine rings is 1. The summed E-state index contributed by atoms with van der Waals surface area (Å²) in [6.07, 6.45) is 1.19. The quantitative estimate of drug-likeness (QED) is 0.883. The van der Waals surface area contributed by atoms with E-state index in [0.717, 1.165) is 56.6 Å². The standard InChI is InChI=1S/C16H24N4O2/c1-10-11(2)22-14(18-10)9-19-3-5-20(6-4-19)16(21)15-12-7-13(15)17-8-12/h12-13,15,17H,3-9H2,1-2H3. The Labute approximate surface area is 130 Å². The highest BCUT2D eigenvalue weighted by Gasteiger charge is 2.51. The third kappa shape index (κ3) is 2.34. The maximum Gasteiger partial charge on any atom is 0.227 e. The number of nitrogens with zero attached hydrogens (tertiary/aromatic N) is 3. The van der Waals surface area contributed by atoms with E-state index in [1.807, 2.05) is 13.8 Å². The lowest BCUT2D eigenvalue weighted by Gasteiger charge is -2.40. The minimum Gasteiger partial charge on any atom is -0.444 e. The molecule has 1 aromatic rings. The number of carbonyl (C=O) groups excluding carboxylic acids is 1. The molecule has 120 valence electrons. The lowest BCUT2D eigenvalue weighted by Crippen LogP contribution is -2.54. The van der Waals surface area contributed by atoms with Gasteiger partial charge in [0.1, 0.15) is 5.76 Å². The summed E-state index contributed by atoms with van der Waals surface area (Å²) in [4.78, 5) is 21.4. The Bertz CT molecular complexity index is 543. The van der Waals surface area contributed by atoms with Crippen LogP contribution >= 0.6 is 0 Å². The van der Waals surface area contributed by atoms with Crippen molar-refractivity contribution in [3.05, 3.63) is 17.3 Å². The largest absolute Gasteiger partial charge is 0.444 e. The molecule has 1 amide bonds. The summed E-state index contributed by atoms with van der Waals surface area (Å²) in [5.41, 5.74) is 0.969.